The molecule has 1 N–H and O–H groups in total. The molecular weight excluding hydrogens is 398 g/mol. The van der Waals surface area contributed by atoms with Crippen LogP contribution in [0.5, 0.6) is 5.75 Å². The van der Waals surface area contributed by atoms with E-state index in [0.717, 1.165) is 0 Å². The van der Waals surface area contributed by atoms with Gasteiger partial charge >= 0.3 is 0 Å². The first-order valence-corrected chi connectivity index (χ1v) is 8.93. The van der Waals surface area contributed by atoms with Gasteiger partial charge in [-0.05, 0) is 53.2 Å². The summed E-state index contributed by atoms with van der Waals surface area (Å²) >= 11 is 3.39. The van der Waals surface area contributed by atoms with E-state index in [1.807, 2.05) is 13.0 Å². The Bertz CT molecular complexity index is 1020. The van der Waals surface area contributed by atoms with E-state index in [0.29, 0.717) is 39.1 Å². The van der Waals surface area contributed by atoms with Crippen LogP contribution < -0.4 is 10.3 Å². The van der Waals surface area contributed by atoms with Gasteiger partial charge in [-0.1, -0.05) is 12.1 Å². The highest BCUT2D eigenvalue weighted by Crippen LogP contribution is 2.26. The topological polar surface area (TPSA) is 75.3 Å². The molecule has 2 aromatic carbocycles. The zero-order chi connectivity index (χ0) is 18.7. The van der Waals surface area contributed by atoms with Crippen LogP contribution in [0.25, 0.3) is 10.9 Å². The van der Waals surface area contributed by atoms with Crippen molar-refractivity contribution in [3.05, 3.63) is 68.7 Å². The number of amides is 1. The van der Waals surface area contributed by atoms with E-state index in [1.165, 1.54) is 0 Å². The highest BCUT2D eigenvalue weighted by atomic mass is 79.9. The zero-order valence-corrected chi connectivity index (χ0v) is 16.0. The van der Waals surface area contributed by atoms with Crippen LogP contribution >= 0.6 is 15.9 Å². The molecule has 0 aliphatic carbocycles. The lowest BCUT2D eigenvalue weighted by atomic mass is 10.2. The van der Waals surface area contributed by atoms with Crippen LogP contribution in [-0.2, 0) is 6.54 Å². The quantitative estimate of drug-likeness (QED) is 0.692. The lowest BCUT2D eigenvalue weighted by Gasteiger charge is -2.21. The molecule has 0 bridgehead atoms. The molecule has 3 rings (SSSR count). The number of carbonyl (C=O) groups excluding carboxylic acids is 1. The lowest BCUT2D eigenvalue weighted by molar-refractivity contribution is 0.0748. The van der Waals surface area contributed by atoms with Crippen LogP contribution in [-0.4, -0.2) is 34.4 Å². The van der Waals surface area contributed by atoms with Gasteiger partial charge in [0.1, 0.15) is 11.6 Å². The van der Waals surface area contributed by atoms with E-state index in [2.05, 4.69) is 25.9 Å². The van der Waals surface area contributed by atoms with Crippen molar-refractivity contribution in [1.82, 2.24) is 14.9 Å². The molecule has 1 heterocycles. The normalized spacial score (nSPS) is 10.7. The fraction of sp³-hybridized carbons (Fsp3) is 0.211. The van der Waals surface area contributed by atoms with Gasteiger partial charge in [0, 0.05) is 12.1 Å². The van der Waals surface area contributed by atoms with Crippen molar-refractivity contribution in [2.75, 3.05) is 13.7 Å². The van der Waals surface area contributed by atoms with Gasteiger partial charge in [0.25, 0.3) is 11.5 Å². The molecule has 0 unspecified atom stereocenters. The van der Waals surface area contributed by atoms with Crippen LogP contribution in [0.3, 0.4) is 0 Å². The van der Waals surface area contributed by atoms with Crippen molar-refractivity contribution >= 4 is 32.7 Å². The summed E-state index contributed by atoms with van der Waals surface area (Å²) in [6.45, 7) is 2.59. The average molecular weight is 416 g/mol. The molecule has 0 radical (unpaired) electrons. The predicted molar refractivity (Wildman–Crippen MR) is 103 cm³/mol. The molecule has 0 saturated heterocycles. The molecule has 1 aromatic heterocycles. The summed E-state index contributed by atoms with van der Waals surface area (Å²) in [6.07, 6.45) is 0. The first kappa shape index (κ1) is 18.1. The maximum atomic E-state index is 12.8. The molecule has 0 atom stereocenters. The van der Waals surface area contributed by atoms with E-state index in [4.69, 9.17) is 4.74 Å². The van der Waals surface area contributed by atoms with Crippen molar-refractivity contribution in [2.24, 2.45) is 0 Å². The number of halogens is 1. The number of hydrogen-bond acceptors (Lipinski definition) is 4. The number of nitrogens with one attached hydrogen (secondary N) is 1. The number of benzene rings is 2. The number of para-hydroxylation sites is 1. The molecule has 1 amide bonds. The van der Waals surface area contributed by atoms with Crippen molar-refractivity contribution in [3.63, 3.8) is 0 Å². The molecule has 0 fully saturated rings. The Morgan fingerprint density at radius 1 is 1.27 bits per heavy atom. The van der Waals surface area contributed by atoms with Gasteiger partial charge in [-0.15, -0.1) is 0 Å². The van der Waals surface area contributed by atoms with Gasteiger partial charge in [-0.25, -0.2) is 4.98 Å². The van der Waals surface area contributed by atoms with Crippen LogP contribution in [0.4, 0.5) is 0 Å². The third-order valence-corrected chi connectivity index (χ3v) is 4.69. The fourth-order valence-corrected chi connectivity index (χ4v) is 3.24. The highest BCUT2D eigenvalue weighted by molar-refractivity contribution is 9.10. The number of carbonyl (C=O) groups is 1. The summed E-state index contributed by atoms with van der Waals surface area (Å²) in [6, 6.07) is 12.3. The first-order valence-electron chi connectivity index (χ1n) is 8.14. The van der Waals surface area contributed by atoms with E-state index in [9.17, 15) is 9.59 Å². The molecular formula is C19H18BrN3O3. The second kappa shape index (κ2) is 7.70. The Morgan fingerprint density at radius 3 is 2.73 bits per heavy atom. The lowest BCUT2D eigenvalue weighted by Crippen LogP contribution is -2.32. The number of ether oxygens (including phenoxy) is 1. The van der Waals surface area contributed by atoms with Crippen LogP contribution in [0.2, 0.25) is 0 Å². The molecule has 3 aromatic rings. The number of aromatic amines is 1. The molecule has 0 spiro atoms. The third kappa shape index (κ3) is 3.62. The van der Waals surface area contributed by atoms with E-state index < -0.39 is 0 Å². The Labute approximate surface area is 158 Å². The van der Waals surface area contributed by atoms with Crippen molar-refractivity contribution in [1.29, 1.82) is 0 Å². The third-order valence-electron chi connectivity index (χ3n) is 4.07. The van der Waals surface area contributed by atoms with Crippen LogP contribution in [0.1, 0.15) is 23.1 Å². The summed E-state index contributed by atoms with van der Waals surface area (Å²) in [5.74, 6) is 0.966. The largest absolute Gasteiger partial charge is 0.496 e. The zero-order valence-electron chi connectivity index (χ0n) is 14.5. The average Bonchev–Trinajstić information content (AvgIpc) is 2.65. The van der Waals surface area contributed by atoms with Crippen molar-refractivity contribution in [3.8, 4) is 5.75 Å². The van der Waals surface area contributed by atoms with Gasteiger partial charge in [-0.2, -0.15) is 0 Å². The van der Waals surface area contributed by atoms with E-state index >= 15 is 0 Å². The molecule has 0 saturated carbocycles. The maximum Gasteiger partial charge on any atom is 0.258 e. The fourth-order valence-electron chi connectivity index (χ4n) is 2.70. The minimum absolute atomic E-state index is 0.147. The van der Waals surface area contributed by atoms with Crippen LogP contribution in [0.15, 0.2) is 51.7 Å². The summed E-state index contributed by atoms with van der Waals surface area (Å²) in [4.78, 5) is 33.9. The van der Waals surface area contributed by atoms with Gasteiger partial charge < -0.3 is 14.6 Å². The van der Waals surface area contributed by atoms with Gasteiger partial charge in [-0.3, -0.25) is 9.59 Å². The molecule has 26 heavy (non-hydrogen) atoms. The minimum atomic E-state index is -0.207. The van der Waals surface area contributed by atoms with E-state index in [1.54, 1.807) is 48.4 Å². The molecule has 7 heteroatoms. The van der Waals surface area contributed by atoms with E-state index in [-0.39, 0.29) is 18.0 Å². The number of H-pyrrole nitrogens is 1. The Kier molecular flexibility index (Phi) is 5.37. The molecule has 6 nitrogen and oxygen atoms in total. The smallest absolute Gasteiger partial charge is 0.258 e. The van der Waals surface area contributed by atoms with Gasteiger partial charge in [0.05, 0.1) is 29.0 Å². The van der Waals surface area contributed by atoms with Crippen LogP contribution in [0, 0.1) is 0 Å². The standard InChI is InChI=1S/C19H18BrN3O3/c1-3-23(19(25)12-8-9-16(26-2)14(20)10-12)11-17-21-15-7-5-4-6-13(15)18(24)22-17/h4-10H,3,11H2,1-2H3,(H,21,22,24). The van der Waals surface area contributed by atoms with Gasteiger partial charge in [0.2, 0.25) is 0 Å². The molecule has 0 aliphatic rings. The maximum absolute atomic E-state index is 12.8. The number of methoxy groups -OCH3 is 1. The Morgan fingerprint density at radius 2 is 2.04 bits per heavy atom. The number of rotatable bonds is 5. The number of nitrogens with zero attached hydrogens (tertiary/aromatic N) is 2. The second-order valence-electron chi connectivity index (χ2n) is 5.70. The predicted octanol–water partition coefficient (Wildman–Crippen LogP) is 3.36. The minimum Gasteiger partial charge on any atom is -0.496 e. The SMILES string of the molecule is CCN(Cc1nc2ccccc2c(=O)[nH]1)C(=O)c1ccc(OC)c(Br)c1. The summed E-state index contributed by atoms with van der Waals surface area (Å²) in [7, 11) is 1.57. The summed E-state index contributed by atoms with van der Waals surface area (Å²) < 4.78 is 5.90. The second-order valence-corrected chi connectivity index (χ2v) is 6.55. The number of aromatic nitrogens is 2. The van der Waals surface area contributed by atoms with Gasteiger partial charge in [0.15, 0.2) is 0 Å². The summed E-state index contributed by atoms with van der Waals surface area (Å²) in [5, 5.41) is 0.532. The highest BCUT2D eigenvalue weighted by Gasteiger charge is 2.17. The molecule has 0 aliphatic heterocycles. The van der Waals surface area contributed by atoms with Crippen molar-refractivity contribution < 1.29 is 9.53 Å². The Balaban J connectivity index is 1.88. The van der Waals surface area contributed by atoms with Crippen molar-refractivity contribution in [2.45, 2.75) is 13.5 Å². The number of hydrogen-bond donors (Lipinski definition) is 1. The Hall–Kier alpha value is -2.67. The monoisotopic (exact) mass is 415 g/mol. The molecule has 134 valence electrons. The summed E-state index contributed by atoms with van der Waals surface area (Å²) in [5.41, 5.74) is 0.936. The number of fused-ring (bicyclic) bond motifs is 1. The first-order chi connectivity index (χ1) is 12.5.